The average molecular weight is 97.1 g/mol. The van der Waals surface area contributed by atoms with Crippen LogP contribution in [0.3, 0.4) is 0 Å². The number of amides is 1. The Balaban J connectivity index is 3.64. The summed E-state index contributed by atoms with van der Waals surface area (Å²) in [5.74, 6) is -0.488. The fourth-order valence-corrected chi connectivity index (χ4v) is 0.129. The number of nitrogens with zero attached hydrogens (tertiary/aromatic N) is 1. The zero-order valence-corrected chi connectivity index (χ0v) is 4.43. The van der Waals surface area contributed by atoms with Crippen LogP contribution in [0.15, 0.2) is 0 Å². The van der Waals surface area contributed by atoms with Crippen molar-refractivity contribution in [1.82, 2.24) is 0 Å². The minimum absolute atomic E-state index is 0.127. The molecule has 0 bridgehead atoms. The Kier molecular flexibility index (Phi) is 2.07. The Bertz CT molecular complexity index is 110. The van der Waals surface area contributed by atoms with Crippen molar-refractivity contribution >= 4 is 5.91 Å². The summed E-state index contributed by atoms with van der Waals surface area (Å²) >= 11 is 0. The second kappa shape index (κ2) is 2.35. The van der Waals surface area contributed by atoms with Crippen LogP contribution in [0.25, 0.3) is 4.85 Å². The van der Waals surface area contributed by atoms with Gasteiger partial charge in [-0.15, -0.1) is 0 Å². The van der Waals surface area contributed by atoms with E-state index < -0.39 is 0 Å². The first kappa shape index (κ1) is 6.16. The normalized spacial score (nSPS) is 8.29. The molecule has 0 N–H and O–H groups in total. The van der Waals surface area contributed by atoms with E-state index in [0.717, 1.165) is 0 Å². The highest BCUT2D eigenvalue weighted by atomic mass is 16.1. The molecule has 38 valence electrons. The second-order valence-corrected chi connectivity index (χ2v) is 1.60. The van der Waals surface area contributed by atoms with Gasteiger partial charge in [0, 0.05) is 5.92 Å². The number of carbonyl (C=O) groups is 1. The van der Waals surface area contributed by atoms with Crippen LogP contribution in [0.1, 0.15) is 13.8 Å². The molecule has 0 aliphatic rings. The summed E-state index contributed by atoms with van der Waals surface area (Å²) in [7, 11) is 0. The van der Waals surface area contributed by atoms with Crippen molar-refractivity contribution in [1.29, 1.82) is 0 Å². The van der Waals surface area contributed by atoms with Crippen molar-refractivity contribution in [2.75, 3.05) is 0 Å². The minimum Gasteiger partial charge on any atom is -0.315 e. The molecule has 0 atom stereocenters. The van der Waals surface area contributed by atoms with Gasteiger partial charge in [0.1, 0.15) is 0 Å². The van der Waals surface area contributed by atoms with Crippen molar-refractivity contribution in [2.45, 2.75) is 13.8 Å². The van der Waals surface area contributed by atoms with Crippen molar-refractivity contribution in [3.63, 3.8) is 0 Å². The van der Waals surface area contributed by atoms with Crippen LogP contribution in [0.2, 0.25) is 0 Å². The Hall–Kier alpha value is -0.840. The molecule has 7 heavy (non-hydrogen) atoms. The van der Waals surface area contributed by atoms with E-state index in [4.69, 9.17) is 6.57 Å². The maximum Gasteiger partial charge on any atom is 0.358 e. The van der Waals surface area contributed by atoms with Gasteiger partial charge in [0.25, 0.3) is 0 Å². The highest BCUT2D eigenvalue weighted by Gasteiger charge is 2.03. The molecule has 0 heterocycles. The third kappa shape index (κ3) is 1.94. The molecule has 2 heteroatoms. The van der Waals surface area contributed by atoms with Gasteiger partial charge in [-0.3, -0.25) is 0 Å². The first-order chi connectivity index (χ1) is 3.18. The number of hydrogen-bond donors (Lipinski definition) is 0. The van der Waals surface area contributed by atoms with Gasteiger partial charge in [-0.25, -0.2) is 0 Å². The van der Waals surface area contributed by atoms with Crippen molar-refractivity contribution in [3.05, 3.63) is 11.4 Å². The first-order valence-corrected chi connectivity index (χ1v) is 2.09. The van der Waals surface area contributed by atoms with Gasteiger partial charge in [-0.2, -0.15) is 4.85 Å². The lowest BCUT2D eigenvalue weighted by Gasteiger charge is -1.88. The Morgan fingerprint density at radius 2 is 2.14 bits per heavy atom. The van der Waals surface area contributed by atoms with Gasteiger partial charge in [0.15, 0.2) is 0 Å². The number of carbonyl (C=O) groups excluding carboxylic acids is 1. The molecule has 0 spiro atoms. The van der Waals surface area contributed by atoms with Crippen molar-refractivity contribution in [3.8, 4) is 0 Å². The SMILES string of the molecule is [C-]#[N+]C(=O)C(C)C. The molecule has 0 saturated carbocycles. The zero-order valence-electron chi connectivity index (χ0n) is 4.43. The molecule has 1 amide bonds. The molecule has 0 aromatic heterocycles. The minimum atomic E-state index is -0.361. The largest absolute Gasteiger partial charge is 0.358 e. The summed E-state index contributed by atoms with van der Waals surface area (Å²) in [6.07, 6.45) is 0. The van der Waals surface area contributed by atoms with E-state index in [-0.39, 0.29) is 11.8 Å². The Labute approximate surface area is 43.0 Å². The van der Waals surface area contributed by atoms with E-state index in [0.29, 0.717) is 0 Å². The monoisotopic (exact) mass is 97.1 g/mol. The summed E-state index contributed by atoms with van der Waals surface area (Å²) < 4.78 is 0. The van der Waals surface area contributed by atoms with E-state index in [1.165, 1.54) is 0 Å². The first-order valence-electron chi connectivity index (χ1n) is 2.09. The molecule has 0 aliphatic carbocycles. The molecule has 0 aromatic carbocycles. The van der Waals surface area contributed by atoms with Gasteiger partial charge >= 0.3 is 5.91 Å². The molecule has 0 unspecified atom stereocenters. The zero-order chi connectivity index (χ0) is 5.86. The van der Waals surface area contributed by atoms with E-state index in [1.54, 1.807) is 13.8 Å². The molecule has 2 nitrogen and oxygen atoms in total. The van der Waals surface area contributed by atoms with Crippen LogP contribution in [0.5, 0.6) is 0 Å². The second-order valence-electron chi connectivity index (χ2n) is 1.60. The number of rotatable bonds is 1. The van der Waals surface area contributed by atoms with E-state index >= 15 is 0 Å². The third-order valence-electron chi connectivity index (χ3n) is 0.604. The fraction of sp³-hybridized carbons (Fsp3) is 0.600. The van der Waals surface area contributed by atoms with Gasteiger partial charge in [-0.1, -0.05) is 13.8 Å². The molecule has 0 fully saturated rings. The van der Waals surface area contributed by atoms with Gasteiger partial charge in [-0.05, 0) is 0 Å². The van der Waals surface area contributed by atoms with E-state index in [2.05, 4.69) is 4.85 Å². The van der Waals surface area contributed by atoms with Gasteiger partial charge < -0.3 is 4.79 Å². The summed E-state index contributed by atoms with van der Waals surface area (Å²) in [4.78, 5) is 12.9. The van der Waals surface area contributed by atoms with Crippen LogP contribution in [0, 0.1) is 12.5 Å². The summed E-state index contributed by atoms with van der Waals surface area (Å²) in [6, 6.07) is 0. The molecule has 0 aliphatic heterocycles. The topological polar surface area (TPSA) is 21.4 Å². The third-order valence-corrected chi connectivity index (χ3v) is 0.604. The number of hydrogen-bond acceptors (Lipinski definition) is 1. The van der Waals surface area contributed by atoms with Gasteiger partial charge in [0.2, 0.25) is 0 Å². The lowest BCUT2D eigenvalue weighted by molar-refractivity contribution is -0.117. The van der Waals surface area contributed by atoms with Crippen LogP contribution >= 0.6 is 0 Å². The predicted molar refractivity (Wildman–Crippen MR) is 26.4 cm³/mol. The van der Waals surface area contributed by atoms with Crippen LogP contribution in [-0.4, -0.2) is 5.91 Å². The van der Waals surface area contributed by atoms with E-state index in [9.17, 15) is 4.79 Å². The maximum absolute atomic E-state index is 10.2. The maximum atomic E-state index is 10.2. The van der Waals surface area contributed by atoms with Crippen LogP contribution in [0.4, 0.5) is 0 Å². The molecule has 0 radical (unpaired) electrons. The molecule has 0 saturated heterocycles. The van der Waals surface area contributed by atoms with Gasteiger partial charge in [0.05, 0.1) is 6.57 Å². The van der Waals surface area contributed by atoms with Crippen LogP contribution < -0.4 is 0 Å². The van der Waals surface area contributed by atoms with Crippen LogP contribution in [-0.2, 0) is 4.79 Å². The summed E-state index contributed by atoms with van der Waals surface area (Å²) in [5, 5.41) is 0. The summed E-state index contributed by atoms with van der Waals surface area (Å²) in [6.45, 7) is 9.63. The van der Waals surface area contributed by atoms with E-state index in [1.807, 2.05) is 0 Å². The Morgan fingerprint density at radius 3 is 2.14 bits per heavy atom. The quantitative estimate of drug-likeness (QED) is 0.449. The fourth-order valence-electron chi connectivity index (χ4n) is 0.129. The van der Waals surface area contributed by atoms with Crippen molar-refractivity contribution < 1.29 is 4.79 Å². The summed E-state index contributed by atoms with van der Waals surface area (Å²) in [5.41, 5.74) is 0. The standard InChI is InChI=1S/C5H7NO/c1-4(2)5(7)6-3/h4H,1-2H3. The molecule has 0 rings (SSSR count). The lowest BCUT2D eigenvalue weighted by Crippen LogP contribution is -1.98. The molecule has 0 aromatic rings. The predicted octanol–water partition coefficient (Wildman–Crippen LogP) is 1.09. The molecular formula is C5H7NO. The molecular weight excluding hydrogens is 90.1 g/mol. The highest BCUT2D eigenvalue weighted by Crippen LogP contribution is 1.92. The van der Waals surface area contributed by atoms with Crippen molar-refractivity contribution in [2.24, 2.45) is 5.92 Å². The lowest BCUT2D eigenvalue weighted by atomic mass is 10.2. The smallest absolute Gasteiger partial charge is 0.315 e. The Morgan fingerprint density at radius 1 is 1.71 bits per heavy atom. The average Bonchev–Trinajstić information content (AvgIpc) is 1.65. The highest BCUT2D eigenvalue weighted by molar-refractivity contribution is 5.87.